The standard InChI is InChI=1S/C24H32N2O5S/c1-4-31-22-13-12-19(17-23(22)30-3)18(2)25-24(27)20-10-9-11-21(16-20)32(28,29)26-14-7-5-6-8-15-26/h9-13,16-18H,4-8,14-15H2,1-3H3,(H,25,27). The number of carbonyl (C=O) groups is 1. The number of ether oxygens (including phenoxy) is 2. The first-order chi connectivity index (χ1) is 15.4. The Balaban J connectivity index is 1.76. The molecule has 2 aromatic carbocycles. The molecule has 0 aliphatic carbocycles. The summed E-state index contributed by atoms with van der Waals surface area (Å²) >= 11 is 0. The van der Waals surface area contributed by atoms with Gasteiger partial charge in [0.15, 0.2) is 11.5 Å². The van der Waals surface area contributed by atoms with Crippen LogP contribution >= 0.6 is 0 Å². The summed E-state index contributed by atoms with van der Waals surface area (Å²) in [7, 11) is -2.05. The molecular formula is C24H32N2O5S. The lowest BCUT2D eigenvalue weighted by Gasteiger charge is -2.20. The Kier molecular flexibility index (Phi) is 8.15. The predicted molar refractivity (Wildman–Crippen MR) is 124 cm³/mol. The zero-order valence-electron chi connectivity index (χ0n) is 19.0. The summed E-state index contributed by atoms with van der Waals surface area (Å²) in [6, 6.07) is 11.5. The normalized spacial score (nSPS) is 16.1. The number of hydrogen-bond acceptors (Lipinski definition) is 5. The Labute approximate surface area is 190 Å². The molecule has 0 saturated carbocycles. The van der Waals surface area contributed by atoms with Crippen LogP contribution in [-0.2, 0) is 10.0 Å². The molecule has 1 saturated heterocycles. The van der Waals surface area contributed by atoms with Gasteiger partial charge in [0.2, 0.25) is 10.0 Å². The molecule has 3 rings (SSSR count). The Morgan fingerprint density at radius 1 is 1.06 bits per heavy atom. The van der Waals surface area contributed by atoms with Crippen LogP contribution in [0.25, 0.3) is 0 Å². The van der Waals surface area contributed by atoms with Gasteiger partial charge in [-0.1, -0.05) is 25.0 Å². The maximum atomic E-state index is 13.1. The molecule has 0 radical (unpaired) electrons. The zero-order chi connectivity index (χ0) is 23.1. The monoisotopic (exact) mass is 460 g/mol. The van der Waals surface area contributed by atoms with E-state index in [1.54, 1.807) is 25.3 Å². The quantitative estimate of drug-likeness (QED) is 0.640. The van der Waals surface area contributed by atoms with Crippen LogP contribution < -0.4 is 14.8 Å². The Bertz CT molecular complexity index is 1030. The van der Waals surface area contributed by atoms with Gasteiger partial charge in [0.1, 0.15) is 0 Å². The predicted octanol–water partition coefficient (Wildman–Crippen LogP) is 4.15. The summed E-state index contributed by atoms with van der Waals surface area (Å²) in [5.41, 5.74) is 1.16. The van der Waals surface area contributed by atoms with Crippen molar-refractivity contribution in [2.45, 2.75) is 50.5 Å². The van der Waals surface area contributed by atoms with Crippen LogP contribution in [0.2, 0.25) is 0 Å². The van der Waals surface area contributed by atoms with Crippen molar-refractivity contribution in [1.29, 1.82) is 0 Å². The van der Waals surface area contributed by atoms with Gasteiger partial charge >= 0.3 is 0 Å². The van der Waals surface area contributed by atoms with Gasteiger partial charge in [-0.25, -0.2) is 8.42 Å². The fourth-order valence-electron chi connectivity index (χ4n) is 3.82. The van der Waals surface area contributed by atoms with Gasteiger partial charge in [0.25, 0.3) is 5.91 Å². The smallest absolute Gasteiger partial charge is 0.251 e. The molecule has 2 aromatic rings. The highest BCUT2D eigenvalue weighted by Gasteiger charge is 2.26. The summed E-state index contributed by atoms with van der Waals surface area (Å²) in [6.07, 6.45) is 3.82. The molecule has 1 amide bonds. The van der Waals surface area contributed by atoms with E-state index < -0.39 is 10.0 Å². The Hall–Kier alpha value is -2.58. The fourth-order valence-corrected chi connectivity index (χ4v) is 5.38. The third kappa shape index (κ3) is 5.61. The van der Waals surface area contributed by atoms with Crippen LogP contribution in [0, 0.1) is 0 Å². The minimum absolute atomic E-state index is 0.155. The van der Waals surface area contributed by atoms with E-state index in [9.17, 15) is 13.2 Å². The first kappa shape index (κ1) is 24.1. The zero-order valence-corrected chi connectivity index (χ0v) is 19.8. The van der Waals surface area contributed by atoms with Gasteiger partial charge in [-0.2, -0.15) is 4.31 Å². The van der Waals surface area contributed by atoms with Crippen molar-refractivity contribution in [2.75, 3.05) is 26.8 Å². The van der Waals surface area contributed by atoms with Crippen LogP contribution in [0.3, 0.4) is 0 Å². The third-order valence-electron chi connectivity index (χ3n) is 5.63. The highest BCUT2D eigenvalue weighted by molar-refractivity contribution is 7.89. The Morgan fingerprint density at radius 2 is 1.78 bits per heavy atom. The van der Waals surface area contributed by atoms with E-state index in [0.29, 0.717) is 36.8 Å². The van der Waals surface area contributed by atoms with E-state index in [0.717, 1.165) is 31.2 Å². The molecular weight excluding hydrogens is 428 g/mol. The van der Waals surface area contributed by atoms with E-state index >= 15 is 0 Å². The second-order valence-electron chi connectivity index (χ2n) is 7.88. The maximum Gasteiger partial charge on any atom is 0.251 e. The van der Waals surface area contributed by atoms with Gasteiger partial charge in [-0.15, -0.1) is 0 Å². The van der Waals surface area contributed by atoms with Crippen LogP contribution in [0.5, 0.6) is 11.5 Å². The highest BCUT2D eigenvalue weighted by atomic mass is 32.2. The molecule has 1 fully saturated rings. The van der Waals surface area contributed by atoms with Gasteiger partial charge in [-0.3, -0.25) is 4.79 Å². The second kappa shape index (κ2) is 10.8. The number of amides is 1. The lowest BCUT2D eigenvalue weighted by molar-refractivity contribution is 0.0939. The molecule has 0 aromatic heterocycles. The van der Waals surface area contributed by atoms with E-state index in [2.05, 4.69) is 5.32 Å². The van der Waals surface area contributed by atoms with Crippen molar-refractivity contribution >= 4 is 15.9 Å². The SMILES string of the molecule is CCOc1ccc(C(C)NC(=O)c2cccc(S(=O)(=O)N3CCCCCC3)c2)cc1OC. The number of nitrogens with one attached hydrogen (secondary N) is 1. The second-order valence-corrected chi connectivity index (χ2v) is 9.82. The topological polar surface area (TPSA) is 84.9 Å². The van der Waals surface area contributed by atoms with Crippen LogP contribution in [0.1, 0.15) is 61.5 Å². The molecule has 174 valence electrons. The average molecular weight is 461 g/mol. The van der Waals surface area contributed by atoms with E-state index in [4.69, 9.17) is 9.47 Å². The molecule has 1 aliphatic heterocycles. The van der Waals surface area contributed by atoms with Crippen molar-refractivity contribution in [3.05, 3.63) is 53.6 Å². The fraction of sp³-hybridized carbons (Fsp3) is 0.458. The minimum atomic E-state index is -3.62. The highest BCUT2D eigenvalue weighted by Crippen LogP contribution is 2.30. The lowest BCUT2D eigenvalue weighted by Crippen LogP contribution is -2.32. The van der Waals surface area contributed by atoms with Gasteiger partial charge < -0.3 is 14.8 Å². The molecule has 1 unspecified atom stereocenters. The number of carbonyl (C=O) groups excluding carboxylic acids is 1. The van der Waals surface area contributed by atoms with Gasteiger partial charge in [0.05, 0.1) is 24.7 Å². The van der Waals surface area contributed by atoms with Crippen molar-refractivity contribution in [3.8, 4) is 11.5 Å². The van der Waals surface area contributed by atoms with Crippen molar-refractivity contribution < 1.29 is 22.7 Å². The average Bonchev–Trinajstić information content (AvgIpc) is 3.10. The maximum absolute atomic E-state index is 13.1. The van der Waals surface area contributed by atoms with Crippen molar-refractivity contribution in [3.63, 3.8) is 0 Å². The van der Waals surface area contributed by atoms with Crippen LogP contribution in [0.15, 0.2) is 47.4 Å². The molecule has 1 atom stereocenters. The first-order valence-electron chi connectivity index (χ1n) is 11.1. The number of sulfonamides is 1. The summed E-state index contributed by atoms with van der Waals surface area (Å²) in [5, 5.41) is 2.94. The number of nitrogens with zero attached hydrogens (tertiary/aromatic N) is 1. The molecule has 1 aliphatic rings. The van der Waals surface area contributed by atoms with Crippen LogP contribution in [-0.4, -0.2) is 45.4 Å². The molecule has 1 heterocycles. The molecule has 1 N–H and O–H groups in total. The minimum Gasteiger partial charge on any atom is -0.493 e. The van der Waals surface area contributed by atoms with E-state index in [1.165, 1.54) is 10.4 Å². The molecule has 0 spiro atoms. The van der Waals surface area contributed by atoms with E-state index in [1.807, 2.05) is 32.0 Å². The molecule has 32 heavy (non-hydrogen) atoms. The summed E-state index contributed by atoms with van der Waals surface area (Å²) < 4.78 is 38.6. The number of rotatable bonds is 8. The van der Waals surface area contributed by atoms with Crippen LogP contribution in [0.4, 0.5) is 0 Å². The van der Waals surface area contributed by atoms with Crippen molar-refractivity contribution in [2.24, 2.45) is 0 Å². The largest absolute Gasteiger partial charge is 0.493 e. The summed E-state index contributed by atoms with van der Waals surface area (Å²) in [6.45, 7) is 5.34. The number of benzene rings is 2. The van der Waals surface area contributed by atoms with Crippen molar-refractivity contribution in [1.82, 2.24) is 9.62 Å². The number of methoxy groups -OCH3 is 1. The lowest BCUT2D eigenvalue weighted by atomic mass is 10.1. The first-order valence-corrected chi connectivity index (χ1v) is 12.5. The Morgan fingerprint density at radius 3 is 2.44 bits per heavy atom. The van der Waals surface area contributed by atoms with Gasteiger partial charge in [-0.05, 0) is 62.6 Å². The summed E-state index contributed by atoms with van der Waals surface area (Å²) in [5.74, 6) is 0.901. The summed E-state index contributed by atoms with van der Waals surface area (Å²) in [4.78, 5) is 13.0. The molecule has 7 nitrogen and oxygen atoms in total. The third-order valence-corrected chi connectivity index (χ3v) is 7.53. The molecule has 0 bridgehead atoms. The number of hydrogen-bond donors (Lipinski definition) is 1. The molecule has 8 heteroatoms. The van der Waals surface area contributed by atoms with E-state index in [-0.39, 0.29) is 16.8 Å². The van der Waals surface area contributed by atoms with Gasteiger partial charge in [0, 0.05) is 18.7 Å².